The second-order valence-corrected chi connectivity index (χ2v) is 6.42. The molecular weight excluding hydrogens is 294 g/mol. The predicted octanol–water partition coefficient (Wildman–Crippen LogP) is 3.14. The number of carbonyl (C=O) groups excluding carboxylic acids is 1. The molecule has 0 bridgehead atoms. The van der Waals surface area contributed by atoms with Crippen LogP contribution in [0.15, 0.2) is 59.5 Å². The zero-order valence-electron chi connectivity index (χ0n) is 12.5. The molecule has 1 atom stereocenters. The van der Waals surface area contributed by atoms with Gasteiger partial charge in [0.05, 0.1) is 12.1 Å². The Labute approximate surface area is 135 Å². The van der Waals surface area contributed by atoms with Crippen LogP contribution in [0.1, 0.15) is 22.3 Å². The fourth-order valence-electron chi connectivity index (χ4n) is 2.94. The van der Waals surface area contributed by atoms with E-state index in [1.165, 1.54) is 0 Å². The van der Waals surface area contributed by atoms with E-state index >= 15 is 0 Å². The van der Waals surface area contributed by atoms with Gasteiger partial charge in [0, 0.05) is 11.4 Å². The Morgan fingerprint density at radius 3 is 2.55 bits per heavy atom. The summed E-state index contributed by atoms with van der Waals surface area (Å²) in [6.07, 6.45) is 2.54. The molecule has 1 aliphatic rings. The van der Waals surface area contributed by atoms with Crippen molar-refractivity contribution in [2.75, 3.05) is 19.3 Å². The highest BCUT2D eigenvalue weighted by Gasteiger charge is 2.39. The molecule has 4 heteroatoms. The molecule has 1 saturated heterocycles. The van der Waals surface area contributed by atoms with E-state index in [4.69, 9.17) is 0 Å². The molecule has 0 aromatic heterocycles. The summed E-state index contributed by atoms with van der Waals surface area (Å²) >= 11 is 1.57. The van der Waals surface area contributed by atoms with Crippen molar-refractivity contribution in [1.82, 2.24) is 4.90 Å². The molecule has 1 amide bonds. The quantitative estimate of drug-likeness (QED) is 0.885. The van der Waals surface area contributed by atoms with Gasteiger partial charge in [-0.1, -0.05) is 42.5 Å². The van der Waals surface area contributed by atoms with Gasteiger partial charge in [0.25, 0.3) is 5.91 Å². The number of amides is 1. The van der Waals surface area contributed by atoms with Crippen LogP contribution in [0.2, 0.25) is 0 Å². The smallest absolute Gasteiger partial charge is 0.255 e. The number of β-amino-alcohol motifs (C(OH)–C–C–N with tert-alkyl or cyclic N) is 1. The first-order valence-electron chi connectivity index (χ1n) is 7.34. The van der Waals surface area contributed by atoms with Crippen molar-refractivity contribution >= 4 is 17.7 Å². The van der Waals surface area contributed by atoms with Crippen LogP contribution in [0.3, 0.4) is 0 Å². The Morgan fingerprint density at radius 2 is 1.82 bits per heavy atom. The molecule has 3 rings (SSSR count). The van der Waals surface area contributed by atoms with E-state index < -0.39 is 5.60 Å². The molecule has 0 saturated carbocycles. The Balaban J connectivity index is 1.82. The minimum absolute atomic E-state index is 0.00296. The fourth-order valence-corrected chi connectivity index (χ4v) is 3.53. The first kappa shape index (κ1) is 15.1. The van der Waals surface area contributed by atoms with Crippen molar-refractivity contribution in [2.24, 2.45) is 0 Å². The number of nitrogens with zero attached hydrogens (tertiary/aromatic N) is 1. The van der Waals surface area contributed by atoms with Crippen LogP contribution in [0.25, 0.3) is 0 Å². The molecular formula is C18H19NO2S. The van der Waals surface area contributed by atoms with Crippen LogP contribution in [0, 0.1) is 0 Å². The minimum Gasteiger partial charge on any atom is -0.383 e. The van der Waals surface area contributed by atoms with Gasteiger partial charge in [0.1, 0.15) is 5.60 Å². The molecule has 0 spiro atoms. The van der Waals surface area contributed by atoms with Crippen LogP contribution in [0.5, 0.6) is 0 Å². The highest BCUT2D eigenvalue weighted by Crippen LogP contribution is 2.33. The van der Waals surface area contributed by atoms with Crippen LogP contribution < -0.4 is 0 Å². The number of rotatable bonds is 3. The molecule has 114 valence electrons. The molecule has 0 radical (unpaired) electrons. The first-order valence-corrected chi connectivity index (χ1v) is 8.57. The molecule has 0 aliphatic carbocycles. The lowest BCUT2D eigenvalue weighted by Gasteiger charge is -2.24. The number of hydrogen-bond acceptors (Lipinski definition) is 3. The topological polar surface area (TPSA) is 40.5 Å². The SMILES string of the molecule is CSc1ccccc1C(=O)N1CC[C@@](O)(c2ccccc2)C1. The number of likely N-dealkylation sites (tertiary alicyclic amines) is 1. The molecule has 22 heavy (non-hydrogen) atoms. The van der Waals surface area contributed by atoms with Crippen LogP contribution >= 0.6 is 11.8 Å². The third-order valence-electron chi connectivity index (χ3n) is 4.18. The summed E-state index contributed by atoms with van der Waals surface area (Å²) in [6, 6.07) is 17.2. The van der Waals surface area contributed by atoms with Crippen molar-refractivity contribution in [2.45, 2.75) is 16.9 Å². The summed E-state index contributed by atoms with van der Waals surface area (Å²) in [7, 11) is 0. The van der Waals surface area contributed by atoms with Crippen molar-refractivity contribution in [1.29, 1.82) is 0 Å². The minimum atomic E-state index is -0.939. The van der Waals surface area contributed by atoms with E-state index in [0.717, 1.165) is 10.5 Å². The van der Waals surface area contributed by atoms with E-state index in [9.17, 15) is 9.90 Å². The van der Waals surface area contributed by atoms with Crippen molar-refractivity contribution in [3.05, 3.63) is 65.7 Å². The molecule has 1 heterocycles. The molecule has 2 aromatic rings. The monoisotopic (exact) mass is 313 g/mol. The lowest BCUT2D eigenvalue weighted by atomic mass is 9.93. The van der Waals surface area contributed by atoms with E-state index in [0.29, 0.717) is 25.1 Å². The van der Waals surface area contributed by atoms with Gasteiger partial charge in [-0.25, -0.2) is 0 Å². The molecule has 2 aromatic carbocycles. The predicted molar refractivity (Wildman–Crippen MR) is 89.1 cm³/mol. The molecule has 1 fully saturated rings. The van der Waals surface area contributed by atoms with Gasteiger partial charge >= 0.3 is 0 Å². The van der Waals surface area contributed by atoms with Crippen LogP contribution in [-0.4, -0.2) is 35.3 Å². The van der Waals surface area contributed by atoms with Crippen LogP contribution in [0.4, 0.5) is 0 Å². The third-order valence-corrected chi connectivity index (χ3v) is 4.98. The second kappa shape index (κ2) is 6.15. The fraction of sp³-hybridized carbons (Fsp3) is 0.278. The van der Waals surface area contributed by atoms with Crippen molar-refractivity contribution in [3.8, 4) is 0 Å². The van der Waals surface area contributed by atoms with Gasteiger partial charge in [0.2, 0.25) is 0 Å². The molecule has 3 nitrogen and oxygen atoms in total. The Morgan fingerprint density at radius 1 is 1.14 bits per heavy atom. The van der Waals surface area contributed by atoms with Gasteiger partial charge in [0.15, 0.2) is 0 Å². The van der Waals surface area contributed by atoms with E-state index in [2.05, 4.69) is 0 Å². The average Bonchev–Trinajstić information content (AvgIpc) is 2.98. The summed E-state index contributed by atoms with van der Waals surface area (Å²) in [4.78, 5) is 15.5. The normalized spacial score (nSPS) is 21.1. The Kier molecular flexibility index (Phi) is 4.23. The second-order valence-electron chi connectivity index (χ2n) is 5.57. The summed E-state index contributed by atoms with van der Waals surface area (Å²) in [5, 5.41) is 10.9. The molecule has 1 aliphatic heterocycles. The lowest BCUT2D eigenvalue weighted by molar-refractivity contribution is 0.0416. The van der Waals surface area contributed by atoms with Gasteiger partial charge in [-0.2, -0.15) is 0 Å². The number of thioether (sulfide) groups is 1. The van der Waals surface area contributed by atoms with E-state index in [-0.39, 0.29) is 5.91 Å². The zero-order chi connectivity index (χ0) is 15.6. The Hall–Kier alpha value is -1.78. The van der Waals surface area contributed by atoms with Crippen LogP contribution in [-0.2, 0) is 5.60 Å². The number of aliphatic hydroxyl groups is 1. The maximum atomic E-state index is 12.7. The zero-order valence-corrected chi connectivity index (χ0v) is 13.3. The van der Waals surface area contributed by atoms with Crippen molar-refractivity contribution in [3.63, 3.8) is 0 Å². The van der Waals surface area contributed by atoms with E-state index in [1.807, 2.05) is 60.9 Å². The average molecular weight is 313 g/mol. The number of benzene rings is 2. The van der Waals surface area contributed by atoms with Gasteiger partial charge in [-0.05, 0) is 30.4 Å². The largest absolute Gasteiger partial charge is 0.383 e. The number of hydrogen-bond donors (Lipinski definition) is 1. The summed E-state index contributed by atoms with van der Waals surface area (Å²) in [5.74, 6) is -0.00296. The van der Waals surface area contributed by atoms with Gasteiger partial charge in [-0.3, -0.25) is 4.79 Å². The van der Waals surface area contributed by atoms with Crippen molar-refractivity contribution < 1.29 is 9.90 Å². The summed E-state index contributed by atoms with van der Waals surface area (Å²) in [6.45, 7) is 0.922. The molecule has 0 unspecified atom stereocenters. The highest BCUT2D eigenvalue weighted by atomic mass is 32.2. The van der Waals surface area contributed by atoms with Gasteiger partial charge in [-0.15, -0.1) is 11.8 Å². The highest BCUT2D eigenvalue weighted by molar-refractivity contribution is 7.98. The lowest BCUT2D eigenvalue weighted by Crippen LogP contribution is -2.34. The number of carbonyl (C=O) groups is 1. The maximum absolute atomic E-state index is 12.7. The standard InChI is InChI=1S/C18H19NO2S/c1-22-16-10-6-5-9-15(16)17(20)19-12-11-18(21,13-19)14-7-3-2-4-8-14/h2-10,21H,11-13H2,1H3/t18-/m0/s1. The maximum Gasteiger partial charge on any atom is 0.255 e. The first-order chi connectivity index (χ1) is 10.6. The summed E-state index contributed by atoms with van der Waals surface area (Å²) < 4.78 is 0. The molecule has 1 N–H and O–H groups in total. The van der Waals surface area contributed by atoms with E-state index in [1.54, 1.807) is 16.7 Å². The van der Waals surface area contributed by atoms with Gasteiger partial charge < -0.3 is 10.0 Å². The third kappa shape index (κ3) is 2.76. The summed E-state index contributed by atoms with van der Waals surface area (Å²) in [5.41, 5.74) is 0.654. The Bertz CT molecular complexity index is 674.